The quantitative estimate of drug-likeness (QED) is 0.934. The lowest BCUT2D eigenvalue weighted by Gasteiger charge is -2.24. The Bertz CT molecular complexity index is 665. The van der Waals surface area contributed by atoms with Crippen LogP contribution in [0.2, 0.25) is 0 Å². The fraction of sp³-hybridized carbons (Fsp3) is 0.533. The van der Waals surface area contributed by atoms with Gasteiger partial charge in [0, 0.05) is 25.0 Å². The monoisotopic (exact) mass is 288 g/mol. The van der Waals surface area contributed by atoms with Crippen molar-refractivity contribution < 1.29 is 9.90 Å². The Kier molecular flexibility index (Phi) is 3.53. The molecule has 3 rings (SSSR count). The van der Waals surface area contributed by atoms with Crippen LogP contribution in [0, 0.1) is 0 Å². The fourth-order valence-electron chi connectivity index (χ4n) is 2.96. The Balaban J connectivity index is 2.01. The highest BCUT2D eigenvalue weighted by atomic mass is 16.4. The molecular weight excluding hydrogens is 268 g/mol. The molecule has 3 heterocycles. The molecule has 1 atom stereocenters. The third-order valence-electron chi connectivity index (χ3n) is 4.04. The second kappa shape index (κ2) is 5.35. The normalized spacial score (nSPS) is 18.8. The Labute approximate surface area is 123 Å². The van der Waals surface area contributed by atoms with E-state index < -0.39 is 5.97 Å². The second-order valence-corrected chi connectivity index (χ2v) is 5.89. The van der Waals surface area contributed by atoms with Gasteiger partial charge in [0.2, 0.25) is 0 Å². The zero-order chi connectivity index (χ0) is 15.0. The molecule has 6 heteroatoms. The summed E-state index contributed by atoms with van der Waals surface area (Å²) < 4.78 is 1.84. The number of carbonyl (C=O) groups is 1. The van der Waals surface area contributed by atoms with Crippen LogP contribution >= 0.6 is 0 Å². The number of hydrogen-bond acceptors (Lipinski definition) is 4. The van der Waals surface area contributed by atoms with Crippen molar-refractivity contribution in [1.29, 1.82) is 0 Å². The first kappa shape index (κ1) is 13.9. The lowest BCUT2D eigenvalue weighted by Crippen LogP contribution is -2.32. The molecule has 0 aliphatic carbocycles. The molecule has 6 nitrogen and oxygen atoms in total. The lowest BCUT2D eigenvalue weighted by atomic mass is 10.1. The van der Waals surface area contributed by atoms with Gasteiger partial charge in [0.15, 0.2) is 5.82 Å². The van der Waals surface area contributed by atoms with Crippen LogP contribution in [-0.4, -0.2) is 38.3 Å². The zero-order valence-electron chi connectivity index (χ0n) is 12.4. The summed E-state index contributed by atoms with van der Waals surface area (Å²) in [6.07, 6.45) is 5.64. The molecule has 1 aliphatic rings. The van der Waals surface area contributed by atoms with Gasteiger partial charge in [0.1, 0.15) is 5.52 Å². The van der Waals surface area contributed by atoms with Crippen LogP contribution in [0.3, 0.4) is 0 Å². The molecular formula is C15H20N4O2. The van der Waals surface area contributed by atoms with Crippen molar-refractivity contribution in [2.75, 3.05) is 11.4 Å². The minimum atomic E-state index is -0.754. The van der Waals surface area contributed by atoms with Crippen LogP contribution < -0.4 is 4.90 Å². The minimum Gasteiger partial charge on any atom is -0.481 e. The SMILES string of the molecule is CC(C)c1cc2c(N3CCCC3CC(=O)O)nccn2n1. The van der Waals surface area contributed by atoms with Gasteiger partial charge in [-0.3, -0.25) is 4.79 Å². The highest BCUT2D eigenvalue weighted by Gasteiger charge is 2.29. The van der Waals surface area contributed by atoms with E-state index in [9.17, 15) is 4.79 Å². The summed E-state index contributed by atoms with van der Waals surface area (Å²) in [7, 11) is 0. The van der Waals surface area contributed by atoms with E-state index in [4.69, 9.17) is 5.11 Å². The van der Waals surface area contributed by atoms with E-state index in [1.807, 2.05) is 10.7 Å². The molecule has 2 aromatic heterocycles. The number of aliphatic carboxylic acids is 1. The van der Waals surface area contributed by atoms with E-state index in [1.165, 1.54) is 0 Å². The molecule has 1 aliphatic heterocycles. The number of anilines is 1. The number of rotatable bonds is 4. The first-order valence-corrected chi connectivity index (χ1v) is 7.39. The van der Waals surface area contributed by atoms with E-state index in [0.717, 1.165) is 36.4 Å². The number of carboxylic acid groups (broad SMARTS) is 1. The predicted molar refractivity (Wildman–Crippen MR) is 79.7 cm³/mol. The molecule has 1 unspecified atom stereocenters. The Hall–Kier alpha value is -2.11. The Morgan fingerprint density at radius 1 is 1.52 bits per heavy atom. The molecule has 0 bridgehead atoms. The van der Waals surface area contributed by atoms with Crippen molar-refractivity contribution in [3.63, 3.8) is 0 Å². The minimum absolute atomic E-state index is 0.0265. The van der Waals surface area contributed by atoms with Gasteiger partial charge in [0.05, 0.1) is 12.1 Å². The number of hydrogen-bond donors (Lipinski definition) is 1. The van der Waals surface area contributed by atoms with Crippen LogP contribution in [0.1, 0.15) is 44.7 Å². The van der Waals surface area contributed by atoms with Crippen LogP contribution in [0.25, 0.3) is 5.52 Å². The molecule has 0 amide bonds. The van der Waals surface area contributed by atoms with E-state index in [0.29, 0.717) is 5.92 Å². The molecule has 0 aromatic carbocycles. The zero-order valence-corrected chi connectivity index (χ0v) is 12.4. The van der Waals surface area contributed by atoms with E-state index in [1.54, 1.807) is 6.20 Å². The van der Waals surface area contributed by atoms with Crippen molar-refractivity contribution >= 4 is 17.3 Å². The molecule has 1 N–H and O–H groups in total. The van der Waals surface area contributed by atoms with Crippen LogP contribution in [-0.2, 0) is 4.79 Å². The first-order valence-electron chi connectivity index (χ1n) is 7.39. The van der Waals surface area contributed by atoms with E-state index in [-0.39, 0.29) is 12.5 Å². The van der Waals surface area contributed by atoms with Crippen molar-refractivity contribution in [1.82, 2.24) is 14.6 Å². The highest BCUT2D eigenvalue weighted by molar-refractivity contribution is 5.72. The summed E-state index contributed by atoms with van der Waals surface area (Å²) >= 11 is 0. The Morgan fingerprint density at radius 2 is 2.33 bits per heavy atom. The molecule has 0 spiro atoms. The van der Waals surface area contributed by atoms with Gasteiger partial charge in [0.25, 0.3) is 0 Å². The molecule has 0 saturated carbocycles. The number of fused-ring (bicyclic) bond motifs is 1. The maximum Gasteiger partial charge on any atom is 0.305 e. The first-order chi connectivity index (χ1) is 10.1. The average molecular weight is 288 g/mol. The lowest BCUT2D eigenvalue weighted by molar-refractivity contribution is -0.137. The van der Waals surface area contributed by atoms with E-state index >= 15 is 0 Å². The van der Waals surface area contributed by atoms with Gasteiger partial charge in [-0.1, -0.05) is 13.8 Å². The summed E-state index contributed by atoms with van der Waals surface area (Å²) in [5.41, 5.74) is 1.98. The van der Waals surface area contributed by atoms with Crippen molar-refractivity contribution in [3.05, 3.63) is 24.2 Å². The molecule has 0 radical (unpaired) electrons. The fourth-order valence-corrected chi connectivity index (χ4v) is 2.96. The highest BCUT2D eigenvalue weighted by Crippen LogP contribution is 2.30. The summed E-state index contributed by atoms with van der Waals surface area (Å²) in [5.74, 6) is 0.446. The van der Waals surface area contributed by atoms with Gasteiger partial charge < -0.3 is 10.0 Å². The van der Waals surface area contributed by atoms with Gasteiger partial charge in [-0.05, 0) is 24.8 Å². The Morgan fingerprint density at radius 3 is 3.05 bits per heavy atom. The summed E-state index contributed by atoms with van der Waals surface area (Å²) in [4.78, 5) is 17.6. The topological polar surface area (TPSA) is 70.7 Å². The van der Waals surface area contributed by atoms with Gasteiger partial charge in [-0.2, -0.15) is 5.10 Å². The van der Waals surface area contributed by atoms with Crippen molar-refractivity contribution in [2.24, 2.45) is 0 Å². The number of nitrogens with zero attached hydrogens (tertiary/aromatic N) is 4. The standard InChI is InChI=1S/C15H20N4O2/c1-10(2)12-9-13-15(16-5-7-19(13)17-12)18-6-3-4-11(18)8-14(20)21/h5,7,9-11H,3-4,6,8H2,1-2H3,(H,20,21). The second-order valence-electron chi connectivity index (χ2n) is 5.89. The summed E-state index contributed by atoms with van der Waals surface area (Å²) in [5, 5.41) is 13.6. The smallest absolute Gasteiger partial charge is 0.305 e. The van der Waals surface area contributed by atoms with Crippen LogP contribution in [0.5, 0.6) is 0 Å². The average Bonchev–Trinajstić information content (AvgIpc) is 3.03. The molecule has 21 heavy (non-hydrogen) atoms. The van der Waals surface area contributed by atoms with Gasteiger partial charge in [-0.25, -0.2) is 9.50 Å². The van der Waals surface area contributed by atoms with Crippen LogP contribution in [0.4, 0.5) is 5.82 Å². The van der Waals surface area contributed by atoms with Crippen molar-refractivity contribution in [3.8, 4) is 0 Å². The van der Waals surface area contributed by atoms with Crippen LogP contribution in [0.15, 0.2) is 18.5 Å². The third-order valence-corrected chi connectivity index (χ3v) is 4.04. The largest absolute Gasteiger partial charge is 0.481 e. The predicted octanol–water partition coefficient (Wildman–Crippen LogP) is 2.30. The maximum absolute atomic E-state index is 11.0. The third kappa shape index (κ3) is 2.57. The molecule has 1 saturated heterocycles. The van der Waals surface area contributed by atoms with Gasteiger partial charge >= 0.3 is 5.97 Å². The summed E-state index contributed by atoms with van der Waals surface area (Å²) in [6, 6.07) is 2.09. The molecule has 1 fully saturated rings. The summed E-state index contributed by atoms with van der Waals surface area (Å²) in [6.45, 7) is 5.07. The van der Waals surface area contributed by atoms with Crippen molar-refractivity contribution in [2.45, 2.75) is 45.1 Å². The maximum atomic E-state index is 11.0. The molecule has 2 aromatic rings. The number of aromatic nitrogens is 3. The molecule has 112 valence electrons. The van der Waals surface area contributed by atoms with E-state index in [2.05, 4.69) is 34.9 Å². The van der Waals surface area contributed by atoms with Gasteiger partial charge in [-0.15, -0.1) is 0 Å². The number of carboxylic acids is 1.